The maximum atomic E-state index is 11.2. The predicted octanol–water partition coefficient (Wildman–Crippen LogP) is 4.34. The lowest BCUT2D eigenvalue weighted by Crippen LogP contribution is -2.07. The second kappa shape index (κ2) is 6.57. The highest BCUT2D eigenvalue weighted by Crippen LogP contribution is 2.31. The number of para-hydroxylation sites is 1. The molecular weight excluding hydrogens is 348 g/mol. The number of methoxy groups -OCH3 is 1. The van der Waals surface area contributed by atoms with E-state index >= 15 is 0 Å². The topological polar surface area (TPSA) is 71.8 Å². The molecule has 4 rings (SSSR count). The molecule has 1 aliphatic heterocycles. The van der Waals surface area contributed by atoms with Crippen LogP contribution in [0.2, 0.25) is 0 Å². The Bertz CT molecular complexity index is 1170. The van der Waals surface area contributed by atoms with Gasteiger partial charge in [0.05, 0.1) is 39.1 Å². The molecule has 1 aliphatic carbocycles. The van der Waals surface area contributed by atoms with Crippen molar-refractivity contribution in [3.8, 4) is 16.3 Å². The van der Waals surface area contributed by atoms with Crippen LogP contribution in [0.3, 0.4) is 0 Å². The Morgan fingerprint density at radius 2 is 1.96 bits per heavy atom. The van der Waals surface area contributed by atoms with E-state index in [-0.39, 0.29) is 5.56 Å². The molecule has 1 heterocycles. The fraction of sp³-hybridized carbons (Fsp3) is 0.0500. The van der Waals surface area contributed by atoms with Gasteiger partial charge in [-0.3, -0.25) is 0 Å². The number of carboxylic acids is 1. The molecule has 0 unspecified atom stereocenters. The smallest absolute Gasteiger partial charge is 0.335 e. The van der Waals surface area contributed by atoms with Gasteiger partial charge in [0.15, 0.2) is 0 Å². The van der Waals surface area contributed by atoms with Crippen molar-refractivity contribution in [3.05, 3.63) is 71.6 Å². The number of aromatic nitrogens is 1. The Hall–Kier alpha value is -3.25. The summed E-state index contributed by atoms with van der Waals surface area (Å²) in [5, 5.41) is 9.78. The van der Waals surface area contributed by atoms with Crippen LogP contribution in [-0.4, -0.2) is 23.2 Å². The molecule has 6 heteroatoms. The third kappa shape index (κ3) is 3.02. The van der Waals surface area contributed by atoms with Crippen LogP contribution < -0.4 is 10.1 Å². The number of hydrogen-bond donors (Lipinski definition) is 1. The quantitative estimate of drug-likeness (QED) is 0.550. The van der Waals surface area contributed by atoms with Gasteiger partial charge >= 0.3 is 5.97 Å². The number of carbonyl (C=O) groups is 1. The molecule has 26 heavy (non-hydrogen) atoms. The first-order chi connectivity index (χ1) is 12.6. The molecule has 0 fully saturated rings. The lowest BCUT2D eigenvalue weighted by atomic mass is 10.2. The largest absolute Gasteiger partial charge is 0.494 e. The van der Waals surface area contributed by atoms with Gasteiger partial charge < -0.3 is 9.84 Å². The van der Waals surface area contributed by atoms with Crippen molar-refractivity contribution in [2.75, 3.05) is 7.11 Å². The fourth-order valence-corrected chi connectivity index (χ4v) is 3.67. The standard InChI is InChI=1S/C20H14N2O3S/c1-25-17-10-16-19(26-18-8-3-2-7-14(18)22-16)11-15(17)21-13-6-4-5-12(9-13)20(23)24/h2-11H,1H3,(H,23,24). The van der Waals surface area contributed by atoms with Gasteiger partial charge in [-0.2, -0.15) is 0 Å². The van der Waals surface area contributed by atoms with E-state index in [0.717, 1.165) is 20.8 Å². The Morgan fingerprint density at radius 3 is 2.77 bits per heavy atom. The molecule has 0 bridgehead atoms. The van der Waals surface area contributed by atoms with Crippen molar-refractivity contribution in [2.45, 2.75) is 0 Å². The molecule has 0 amide bonds. The SMILES string of the molecule is COc1cc2nc3ccccc3sc-2cc1=Nc1cccc(C(=O)O)c1. The lowest BCUT2D eigenvalue weighted by molar-refractivity contribution is 0.0697. The summed E-state index contributed by atoms with van der Waals surface area (Å²) in [6.07, 6.45) is 0. The molecule has 0 radical (unpaired) electrons. The predicted molar refractivity (Wildman–Crippen MR) is 101 cm³/mol. The van der Waals surface area contributed by atoms with Crippen LogP contribution in [0.1, 0.15) is 10.4 Å². The first-order valence-corrected chi connectivity index (χ1v) is 8.71. The Labute approximate surface area is 153 Å². The second-order valence-electron chi connectivity index (χ2n) is 5.64. The summed E-state index contributed by atoms with van der Waals surface area (Å²) in [6, 6.07) is 18.3. The summed E-state index contributed by atoms with van der Waals surface area (Å²) in [5.41, 5.74) is 2.53. The first kappa shape index (κ1) is 16.2. The van der Waals surface area contributed by atoms with Crippen LogP contribution in [0.25, 0.3) is 20.8 Å². The molecule has 0 saturated heterocycles. The molecule has 2 aliphatic rings. The van der Waals surface area contributed by atoms with Gasteiger partial charge in [0, 0.05) is 6.07 Å². The van der Waals surface area contributed by atoms with Gasteiger partial charge in [-0.25, -0.2) is 14.8 Å². The Balaban J connectivity index is 1.94. The normalized spacial score (nSPS) is 11.8. The van der Waals surface area contributed by atoms with E-state index in [1.807, 2.05) is 36.4 Å². The van der Waals surface area contributed by atoms with Crippen molar-refractivity contribution >= 4 is 33.2 Å². The highest BCUT2D eigenvalue weighted by molar-refractivity contribution is 7.21. The van der Waals surface area contributed by atoms with Gasteiger partial charge in [0.2, 0.25) is 0 Å². The molecule has 2 aromatic carbocycles. The number of carboxylic acid groups (broad SMARTS) is 1. The van der Waals surface area contributed by atoms with Gasteiger partial charge in [-0.15, -0.1) is 11.3 Å². The van der Waals surface area contributed by atoms with E-state index in [4.69, 9.17) is 9.84 Å². The zero-order chi connectivity index (χ0) is 18.1. The summed E-state index contributed by atoms with van der Waals surface area (Å²) >= 11 is 1.63. The first-order valence-electron chi connectivity index (χ1n) is 7.90. The number of nitrogens with zero attached hydrogens (tertiary/aromatic N) is 2. The minimum atomic E-state index is -0.981. The molecule has 0 spiro atoms. The van der Waals surface area contributed by atoms with Gasteiger partial charge in [0.1, 0.15) is 11.1 Å². The Kier molecular flexibility index (Phi) is 4.10. The summed E-state index contributed by atoms with van der Waals surface area (Å²) < 4.78 is 6.56. The zero-order valence-corrected chi connectivity index (χ0v) is 14.7. The fourth-order valence-electron chi connectivity index (χ4n) is 2.69. The van der Waals surface area contributed by atoms with Gasteiger partial charge in [-0.1, -0.05) is 18.2 Å². The van der Waals surface area contributed by atoms with E-state index < -0.39 is 5.97 Å². The molecule has 0 atom stereocenters. The number of aromatic carboxylic acids is 1. The highest BCUT2D eigenvalue weighted by atomic mass is 32.1. The van der Waals surface area contributed by atoms with Gasteiger partial charge in [-0.05, 0) is 36.4 Å². The summed E-state index contributed by atoms with van der Waals surface area (Å²) in [4.78, 5) is 21.4. The summed E-state index contributed by atoms with van der Waals surface area (Å²) in [7, 11) is 1.58. The van der Waals surface area contributed by atoms with E-state index in [1.165, 1.54) is 12.1 Å². The van der Waals surface area contributed by atoms with E-state index in [1.54, 1.807) is 30.6 Å². The van der Waals surface area contributed by atoms with Crippen LogP contribution in [0.4, 0.5) is 5.69 Å². The molecule has 0 saturated carbocycles. The monoisotopic (exact) mass is 362 g/mol. The number of fused-ring (bicyclic) bond motifs is 2. The third-order valence-electron chi connectivity index (χ3n) is 3.93. The van der Waals surface area contributed by atoms with Crippen molar-refractivity contribution in [1.29, 1.82) is 0 Å². The minimum Gasteiger partial charge on any atom is -0.494 e. The minimum absolute atomic E-state index is 0.196. The van der Waals surface area contributed by atoms with Crippen LogP contribution in [0.15, 0.2) is 65.7 Å². The number of rotatable bonds is 3. The maximum absolute atomic E-state index is 11.2. The zero-order valence-electron chi connectivity index (χ0n) is 13.8. The van der Waals surface area contributed by atoms with Crippen molar-refractivity contribution in [1.82, 2.24) is 4.98 Å². The molecule has 2 aromatic rings. The van der Waals surface area contributed by atoms with Gasteiger partial charge in [0.25, 0.3) is 0 Å². The maximum Gasteiger partial charge on any atom is 0.335 e. The Morgan fingerprint density at radius 1 is 1.12 bits per heavy atom. The number of ether oxygens (including phenoxy) is 1. The number of hydrogen-bond acceptors (Lipinski definition) is 5. The second-order valence-corrected chi connectivity index (χ2v) is 6.72. The van der Waals surface area contributed by atoms with Crippen LogP contribution >= 0.6 is 11.3 Å². The summed E-state index contributed by atoms with van der Waals surface area (Å²) in [5.74, 6) is -0.390. The lowest BCUT2D eigenvalue weighted by Gasteiger charge is -2.09. The molecule has 5 nitrogen and oxygen atoms in total. The molecular formula is C20H14N2O3S. The molecule has 0 aromatic heterocycles. The molecule has 1 N–H and O–H groups in total. The van der Waals surface area contributed by atoms with Crippen molar-refractivity contribution < 1.29 is 14.6 Å². The molecule has 128 valence electrons. The number of benzene rings is 3. The van der Waals surface area contributed by atoms with E-state index in [0.29, 0.717) is 16.8 Å². The average Bonchev–Trinajstić information content (AvgIpc) is 2.66. The van der Waals surface area contributed by atoms with Crippen LogP contribution in [-0.2, 0) is 0 Å². The van der Waals surface area contributed by atoms with Crippen LogP contribution in [0.5, 0.6) is 5.75 Å². The average molecular weight is 362 g/mol. The third-order valence-corrected chi connectivity index (χ3v) is 5.04. The highest BCUT2D eigenvalue weighted by Gasteiger charge is 2.11. The van der Waals surface area contributed by atoms with E-state index in [9.17, 15) is 4.79 Å². The van der Waals surface area contributed by atoms with E-state index in [2.05, 4.69) is 9.98 Å². The van der Waals surface area contributed by atoms with Crippen molar-refractivity contribution in [2.24, 2.45) is 4.99 Å². The summed E-state index contributed by atoms with van der Waals surface area (Å²) in [6.45, 7) is 0. The van der Waals surface area contributed by atoms with Crippen LogP contribution in [0, 0.1) is 0 Å². The van der Waals surface area contributed by atoms with Crippen molar-refractivity contribution in [3.63, 3.8) is 0 Å².